The lowest BCUT2D eigenvalue weighted by atomic mass is 10.2. The molecule has 2 atom stereocenters. The SMILES string of the molecule is CC(CNC(=NCC(=O)N(C)C)NCC1CCCO1)Sc1ccccc1.I. The number of hydrogen-bond donors (Lipinski definition) is 2. The Kier molecular flexibility index (Phi) is 11.8. The van der Waals surface area contributed by atoms with Gasteiger partial charge in [0, 0.05) is 43.9 Å². The lowest BCUT2D eigenvalue weighted by Gasteiger charge is -2.18. The molecule has 6 nitrogen and oxygen atoms in total. The first-order chi connectivity index (χ1) is 12.5. The van der Waals surface area contributed by atoms with Crippen molar-refractivity contribution >= 4 is 47.6 Å². The molecule has 1 aromatic rings. The smallest absolute Gasteiger partial charge is 0.243 e. The molecule has 0 aliphatic carbocycles. The van der Waals surface area contributed by atoms with Gasteiger partial charge in [-0.2, -0.15) is 0 Å². The van der Waals surface area contributed by atoms with E-state index in [4.69, 9.17) is 4.74 Å². The van der Waals surface area contributed by atoms with Gasteiger partial charge >= 0.3 is 0 Å². The zero-order valence-corrected chi connectivity index (χ0v) is 19.5. The summed E-state index contributed by atoms with van der Waals surface area (Å²) in [4.78, 5) is 19.0. The van der Waals surface area contributed by atoms with Crippen molar-refractivity contribution in [2.75, 3.05) is 40.3 Å². The Morgan fingerprint density at radius 1 is 1.33 bits per heavy atom. The molecular weight excluding hydrogens is 475 g/mol. The molecule has 152 valence electrons. The van der Waals surface area contributed by atoms with Crippen molar-refractivity contribution in [2.24, 2.45) is 4.99 Å². The second-order valence-corrected chi connectivity index (χ2v) is 8.10. The first-order valence-corrected chi connectivity index (χ1v) is 9.98. The number of carbonyl (C=O) groups is 1. The number of thioether (sulfide) groups is 1. The Balaban J connectivity index is 0.00000364. The molecule has 2 N–H and O–H groups in total. The molecule has 1 saturated heterocycles. The van der Waals surface area contributed by atoms with Crippen LogP contribution in [0, 0.1) is 0 Å². The Morgan fingerprint density at radius 3 is 2.70 bits per heavy atom. The predicted octanol–water partition coefficient (Wildman–Crippen LogP) is 2.59. The molecule has 8 heteroatoms. The van der Waals surface area contributed by atoms with Gasteiger partial charge in [-0.1, -0.05) is 25.1 Å². The van der Waals surface area contributed by atoms with Gasteiger partial charge in [-0.15, -0.1) is 35.7 Å². The highest BCUT2D eigenvalue weighted by molar-refractivity contribution is 14.0. The summed E-state index contributed by atoms with van der Waals surface area (Å²) in [5.74, 6) is 0.645. The zero-order valence-electron chi connectivity index (χ0n) is 16.3. The van der Waals surface area contributed by atoms with Crippen LogP contribution < -0.4 is 10.6 Å². The van der Waals surface area contributed by atoms with Crippen molar-refractivity contribution in [1.82, 2.24) is 15.5 Å². The fourth-order valence-corrected chi connectivity index (χ4v) is 3.44. The molecule has 0 radical (unpaired) electrons. The number of guanidine groups is 1. The largest absolute Gasteiger partial charge is 0.376 e. The van der Waals surface area contributed by atoms with E-state index in [9.17, 15) is 4.79 Å². The second-order valence-electron chi connectivity index (χ2n) is 6.59. The first-order valence-electron chi connectivity index (χ1n) is 9.10. The van der Waals surface area contributed by atoms with E-state index in [0.717, 1.165) is 26.0 Å². The average molecular weight is 506 g/mol. The van der Waals surface area contributed by atoms with Crippen LogP contribution in [-0.4, -0.2) is 68.5 Å². The molecule has 1 aliphatic rings. The van der Waals surface area contributed by atoms with Crippen LogP contribution in [0.15, 0.2) is 40.2 Å². The van der Waals surface area contributed by atoms with Gasteiger partial charge in [0.2, 0.25) is 5.91 Å². The van der Waals surface area contributed by atoms with Crippen LogP contribution in [0.2, 0.25) is 0 Å². The topological polar surface area (TPSA) is 66.0 Å². The van der Waals surface area contributed by atoms with Crippen LogP contribution in [0.1, 0.15) is 19.8 Å². The molecule has 27 heavy (non-hydrogen) atoms. The minimum absolute atomic E-state index is 0. The fourth-order valence-electron chi connectivity index (χ4n) is 2.49. The molecule has 0 spiro atoms. The van der Waals surface area contributed by atoms with Gasteiger partial charge in [-0.3, -0.25) is 4.79 Å². The first kappa shape index (κ1) is 24.0. The van der Waals surface area contributed by atoms with Crippen molar-refractivity contribution in [3.05, 3.63) is 30.3 Å². The monoisotopic (exact) mass is 506 g/mol. The van der Waals surface area contributed by atoms with E-state index in [2.05, 4.69) is 34.7 Å². The van der Waals surface area contributed by atoms with Crippen molar-refractivity contribution in [3.8, 4) is 0 Å². The maximum absolute atomic E-state index is 11.8. The van der Waals surface area contributed by atoms with Gasteiger partial charge < -0.3 is 20.3 Å². The predicted molar refractivity (Wildman–Crippen MR) is 123 cm³/mol. The third-order valence-electron chi connectivity index (χ3n) is 4.03. The zero-order chi connectivity index (χ0) is 18.8. The lowest BCUT2D eigenvalue weighted by molar-refractivity contribution is -0.127. The summed E-state index contributed by atoms with van der Waals surface area (Å²) in [6, 6.07) is 10.3. The third kappa shape index (κ3) is 9.66. The highest BCUT2D eigenvalue weighted by Crippen LogP contribution is 2.21. The van der Waals surface area contributed by atoms with Crippen LogP contribution in [0.3, 0.4) is 0 Å². The van der Waals surface area contributed by atoms with Crippen LogP contribution in [0.25, 0.3) is 0 Å². The van der Waals surface area contributed by atoms with E-state index in [1.54, 1.807) is 19.0 Å². The number of benzene rings is 1. The summed E-state index contributed by atoms with van der Waals surface area (Å²) in [5.41, 5.74) is 0. The molecule has 1 amide bonds. The number of ether oxygens (including phenoxy) is 1. The van der Waals surface area contributed by atoms with E-state index in [1.807, 2.05) is 30.0 Å². The van der Waals surface area contributed by atoms with Crippen LogP contribution >= 0.6 is 35.7 Å². The molecule has 1 heterocycles. The second kappa shape index (κ2) is 13.2. The number of nitrogens with one attached hydrogen (secondary N) is 2. The highest BCUT2D eigenvalue weighted by atomic mass is 127. The summed E-state index contributed by atoms with van der Waals surface area (Å²) in [7, 11) is 3.48. The maximum Gasteiger partial charge on any atom is 0.243 e. The number of likely N-dealkylation sites (N-methyl/N-ethyl adjacent to an activating group) is 1. The quantitative estimate of drug-likeness (QED) is 0.246. The number of halogens is 1. The van der Waals surface area contributed by atoms with Crippen LogP contribution in [0.5, 0.6) is 0 Å². The van der Waals surface area contributed by atoms with Crippen molar-refractivity contribution in [2.45, 2.75) is 36.0 Å². The molecule has 2 unspecified atom stereocenters. The number of rotatable bonds is 8. The van der Waals surface area contributed by atoms with Crippen molar-refractivity contribution < 1.29 is 9.53 Å². The minimum Gasteiger partial charge on any atom is -0.376 e. The third-order valence-corrected chi connectivity index (χ3v) is 5.14. The van der Waals surface area contributed by atoms with Gasteiger partial charge in [-0.05, 0) is 25.0 Å². The van der Waals surface area contributed by atoms with Gasteiger partial charge in [0.25, 0.3) is 0 Å². The molecule has 0 saturated carbocycles. The number of amides is 1. The maximum atomic E-state index is 11.8. The molecular formula is C19H31IN4O2S. The van der Waals surface area contributed by atoms with Gasteiger partial charge in [-0.25, -0.2) is 4.99 Å². The standard InChI is InChI=1S/C19H30N4O2S.HI/c1-15(26-17-9-5-4-6-10-17)12-20-19(22-14-18(24)23(2)3)21-13-16-8-7-11-25-16;/h4-6,9-10,15-16H,7-8,11-14H2,1-3H3,(H2,20,21,22);1H. The number of nitrogens with zero attached hydrogens (tertiary/aromatic N) is 2. The highest BCUT2D eigenvalue weighted by Gasteiger charge is 2.16. The van der Waals surface area contributed by atoms with Gasteiger partial charge in [0.15, 0.2) is 5.96 Å². The molecule has 1 aromatic carbocycles. The van der Waals surface area contributed by atoms with E-state index in [0.29, 0.717) is 17.8 Å². The van der Waals surface area contributed by atoms with E-state index in [-0.39, 0.29) is 42.5 Å². The van der Waals surface area contributed by atoms with E-state index < -0.39 is 0 Å². The normalized spacial score (nSPS) is 17.7. The van der Waals surface area contributed by atoms with Gasteiger partial charge in [0.05, 0.1) is 6.10 Å². The van der Waals surface area contributed by atoms with Crippen LogP contribution in [0.4, 0.5) is 0 Å². The summed E-state index contributed by atoms with van der Waals surface area (Å²) < 4.78 is 5.65. The van der Waals surface area contributed by atoms with Crippen molar-refractivity contribution in [3.63, 3.8) is 0 Å². The lowest BCUT2D eigenvalue weighted by Crippen LogP contribution is -2.43. The fraction of sp³-hybridized carbons (Fsp3) is 0.579. The number of aliphatic imine (C=N–C) groups is 1. The Bertz CT molecular complexity index is 580. The number of carbonyl (C=O) groups excluding carboxylic acids is 1. The Labute approximate surface area is 183 Å². The van der Waals surface area contributed by atoms with E-state index in [1.165, 1.54) is 4.90 Å². The Hall–Kier alpha value is -1.000. The summed E-state index contributed by atoms with van der Waals surface area (Å²) in [5, 5.41) is 7.03. The molecule has 0 bridgehead atoms. The minimum atomic E-state index is -0.0186. The molecule has 1 fully saturated rings. The van der Waals surface area contributed by atoms with Crippen molar-refractivity contribution in [1.29, 1.82) is 0 Å². The number of hydrogen-bond acceptors (Lipinski definition) is 4. The van der Waals surface area contributed by atoms with Crippen LogP contribution in [-0.2, 0) is 9.53 Å². The average Bonchev–Trinajstić information content (AvgIpc) is 3.15. The Morgan fingerprint density at radius 2 is 2.07 bits per heavy atom. The summed E-state index contributed by atoms with van der Waals surface area (Å²) in [6.07, 6.45) is 2.40. The molecule has 1 aliphatic heterocycles. The van der Waals surface area contributed by atoms with Gasteiger partial charge in [0.1, 0.15) is 6.54 Å². The van der Waals surface area contributed by atoms with E-state index >= 15 is 0 Å². The summed E-state index contributed by atoms with van der Waals surface area (Å²) >= 11 is 1.81. The molecule has 2 rings (SSSR count). The summed E-state index contributed by atoms with van der Waals surface area (Å²) in [6.45, 7) is 4.60. The molecule has 0 aromatic heterocycles.